The number of nitrogens with zero attached hydrogens (tertiary/aromatic N) is 1. The Morgan fingerprint density at radius 3 is 2.63 bits per heavy atom. The topological polar surface area (TPSA) is 52.6 Å². The largest absolute Gasteiger partial charge is 0.480 e. The summed E-state index contributed by atoms with van der Waals surface area (Å²) in [5.74, 6) is -0.710. The van der Waals surface area contributed by atoms with Gasteiger partial charge in [-0.25, -0.2) is 0 Å². The van der Waals surface area contributed by atoms with Crippen molar-refractivity contribution in [2.75, 3.05) is 13.1 Å². The van der Waals surface area contributed by atoms with Crippen LogP contribution in [0.25, 0.3) is 0 Å². The van der Waals surface area contributed by atoms with Crippen LogP contribution in [0, 0.1) is 0 Å². The Bertz CT molecular complexity index is 317. The molecule has 110 valence electrons. The lowest BCUT2D eigenvalue weighted by molar-refractivity contribution is -0.145. The van der Waals surface area contributed by atoms with Gasteiger partial charge in [-0.05, 0) is 45.6 Å². The van der Waals surface area contributed by atoms with Crippen LogP contribution in [-0.4, -0.2) is 46.7 Å². The average molecular weight is 268 g/mol. The summed E-state index contributed by atoms with van der Waals surface area (Å²) in [4.78, 5) is 14.1. The first-order chi connectivity index (χ1) is 9.05. The maximum Gasteiger partial charge on any atom is 0.324 e. The van der Waals surface area contributed by atoms with E-state index in [0.717, 1.165) is 25.8 Å². The Morgan fingerprint density at radius 2 is 2.05 bits per heavy atom. The number of carboxylic acid groups (broad SMARTS) is 1. The highest BCUT2D eigenvalue weighted by atomic mass is 16.4. The minimum Gasteiger partial charge on any atom is -0.480 e. The predicted molar refractivity (Wildman–Crippen MR) is 76.3 cm³/mol. The fourth-order valence-corrected chi connectivity index (χ4v) is 3.17. The number of nitrogens with one attached hydrogen (secondary N) is 1. The van der Waals surface area contributed by atoms with Gasteiger partial charge < -0.3 is 5.11 Å². The van der Waals surface area contributed by atoms with Crippen molar-refractivity contribution >= 4 is 5.97 Å². The minimum absolute atomic E-state index is 0.424. The molecule has 2 atom stereocenters. The monoisotopic (exact) mass is 268 g/mol. The van der Waals surface area contributed by atoms with Crippen molar-refractivity contribution in [2.45, 2.75) is 76.4 Å². The summed E-state index contributed by atoms with van der Waals surface area (Å²) < 4.78 is 0. The van der Waals surface area contributed by atoms with E-state index in [0.29, 0.717) is 18.6 Å². The van der Waals surface area contributed by atoms with E-state index in [1.807, 2.05) is 6.92 Å². The molecule has 1 heterocycles. The maximum absolute atomic E-state index is 11.6. The number of hydrogen-bond acceptors (Lipinski definition) is 3. The van der Waals surface area contributed by atoms with Crippen LogP contribution in [0.2, 0.25) is 0 Å². The SMILES string of the molecule is CCC1CCCCCN1CC(C)(NC1CC1)C(=O)O. The third-order valence-corrected chi connectivity index (χ3v) is 4.56. The molecular formula is C15H28N2O2. The molecule has 4 heteroatoms. The maximum atomic E-state index is 11.6. The molecule has 0 amide bonds. The Morgan fingerprint density at radius 1 is 1.32 bits per heavy atom. The van der Waals surface area contributed by atoms with Crippen molar-refractivity contribution < 1.29 is 9.90 Å². The first kappa shape index (κ1) is 14.8. The summed E-state index contributed by atoms with van der Waals surface area (Å²) in [6.07, 6.45) is 8.37. The highest BCUT2D eigenvalue weighted by Crippen LogP contribution is 2.26. The quantitative estimate of drug-likeness (QED) is 0.775. The molecule has 19 heavy (non-hydrogen) atoms. The molecule has 0 aromatic heterocycles. The Labute approximate surface area is 116 Å². The molecule has 0 spiro atoms. The smallest absolute Gasteiger partial charge is 0.324 e. The molecule has 1 saturated carbocycles. The fourth-order valence-electron chi connectivity index (χ4n) is 3.17. The average Bonchev–Trinajstić information content (AvgIpc) is 3.16. The van der Waals surface area contributed by atoms with Crippen molar-refractivity contribution in [3.63, 3.8) is 0 Å². The van der Waals surface area contributed by atoms with E-state index in [1.54, 1.807) is 0 Å². The third kappa shape index (κ3) is 3.93. The molecule has 0 aromatic rings. The van der Waals surface area contributed by atoms with E-state index in [-0.39, 0.29) is 0 Å². The van der Waals surface area contributed by atoms with Crippen LogP contribution >= 0.6 is 0 Å². The molecule has 4 nitrogen and oxygen atoms in total. The zero-order valence-electron chi connectivity index (χ0n) is 12.3. The Balaban J connectivity index is 2.02. The van der Waals surface area contributed by atoms with Gasteiger partial charge in [-0.1, -0.05) is 19.8 Å². The lowest BCUT2D eigenvalue weighted by Crippen LogP contribution is -2.59. The number of rotatable bonds is 6. The van der Waals surface area contributed by atoms with Gasteiger partial charge in [0.05, 0.1) is 0 Å². The molecule has 2 rings (SSSR count). The van der Waals surface area contributed by atoms with Gasteiger partial charge in [-0.15, -0.1) is 0 Å². The molecule has 0 radical (unpaired) electrons. The van der Waals surface area contributed by atoms with E-state index in [9.17, 15) is 9.90 Å². The van der Waals surface area contributed by atoms with E-state index >= 15 is 0 Å². The van der Waals surface area contributed by atoms with Crippen molar-refractivity contribution in [2.24, 2.45) is 0 Å². The van der Waals surface area contributed by atoms with E-state index in [1.165, 1.54) is 25.7 Å². The van der Waals surface area contributed by atoms with Crippen LogP contribution in [0.1, 0.15) is 58.8 Å². The van der Waals surface area contributed by atoms with E-state index in [2.05, 4.69) is 17.1 Å². The number of aliphatic carboxylic acids is 1. The van der Waals surface area contributed by atoms with Gasteiger partial charge in [-0.3, -0.25) is 15.0 Å². The number of likely N-dealkylation sites (tertiary alicyclic amines) is 1. The zero-order valence-corrected chi connectivity index (χ0v) is 12.3. The summed E-state index contributed by atoms with van der Waals surface area (Å²) in [6, 6.07) is 0.982. The van der Waals surface area contributed by atoms with Gasteiger partial charge >= 0.3 is 5.97 Å². The second kappa shape index (κ2) is 6.23. The lowest BCUT2D eigenvalue weighted by atomic mass is 9.99. The summed E-state index contributed by atoms with van der Waals surface area (Å²) in [6.45, 7) is 5.76. The van der Waals surface area contributed by atoms with Crippen molar-refractivity contribution in [1.29, 1.82) is 0 Å². The van der Waals surface area contributed by atoms with Gasteiger partial charge in [0, 0.05) is 18.6 Å². The second-order valence-corrected chi connectivity index (χ2v) is 6.44. The number of carboxylic acids is 1. The van der Waals surface area contributed by atoms with Crippen LogP contribution in [0.4, 0.5) is 0 Å². The van der Waals surface area contributed by atoms with Crippen LogP contribution in [0.15, 0.2) is 0 Å². The van der Waals surface area contributed by atoms with Crippen LogP contribution in [0.3, 0.4) is 0 Å². The number of carbonyl (C=O) groups is 1. The molecule has 1 saturated heterocycles. The van der Waals surface area contributed by atoms with Crippen LogP contribution in [0.5, 0.6) is 0 Å². The van der Waals surface area contributed by atoms with Crippen LogP contribution in [-0.2, 0) is 4.79 Å². The summed E-state index contributed by atoms with van der Waals surface area (Å²) in [5, 5.41) is 12.9. The molecule has 0 bridgehead atoms. The molecule has 2 fully saturated rings. The molecule has 2 aliphatic rings. The summed E-state index contributed by atoms with van der Waals surface area (Å²) in [7, 11) is 0. The van der Waals surface area contributed by atoms with E-state index < -0.39 is 11.5 Å². The first-order valence-electron chi connectivity index (χ1n) is 7.80. The molecule has 0 aromatic carbocycles. The molecule has 1 aliphatic heterocycles. The third-order valence-electron chi connectivity index (χ3n) is 4.56. The van der Waals surface area contributed by atoms with Gasteiger partial charge in [0.25, 0.3) is 0 Å². The van der Waals surface area contributed by atoms with Gasteiger partial charge in [0.1, 0.15) is 5.54 Å². The highest BCUT2D eigenvalue weighted by molar-refractivity contribution is 5.78. The molecule has 2 N–H and O–H groups in total. The first-order valence-corrected chi connectivity index (χ1v) is 7.80. The Kier molecular flexibility index (Phi) is 4.85. The van der Waals surface area contributed by atoms with Gasteiger partial charge in [0.15, 0.2) is 0 Å². The predicted octanol–water partition coefficient (Wildman–Crippen LogP) is 2.24. The van der Waals surface area contributed by atoms with Crippen molar-refractivity contribution in [3.8, 4) is 0 Å². The zero-order chi connectivity index (χ0) is 13.9. The summed E-state index contributed by atoms with van der Waals surface area (Å²) in [5.41, 5.74) is -0.793. The van der Waals surface area contributed by atoms with Crippen LogP contribution < -0.4 is 5.32 Å². The fraction of sp³-hybridized carbons (Fsp3) is 0.933. The van der Waals surface area contributed by atoms with Crippen molar-refractivity contribution in [3.05, 3.63) is 0 Å². The van der Waals surface area contributed by atoms with Crippen molar-refractivity contribution in [1.82, 2.24) is 10.2 Å². The molecule has 2 unspecified atom stereocenters. The lowest BCUT2D eigenvalue weighted by Gasteiger charge is -2.37. The minimum atomic E-state index is -0.793. The van der Waals surface area contributed by atoms with Gasteiger partial charge in [-0.2, -0.15) is 0 Å². The normalized spacial score (nSPS) is 28.6. The molecular weight excluding hydrogens is 240 g/mol. The van der Waals surface area contributed by atoms with E-state index in [4.69, 9.17) is 0 Å². The second-order valence-electron chi connectivity index (χ2n) is 6.44. The molecule has 1 aliphatic carbocycles. The standard InChI is InChI=1S/C15H28N2O2/c1-3-13-7-5-4-6-10-17(13)11-15(2,14(18)19)16-12-8-9-12/h12-13,16H,3-11H2,1-2H3,(H,18,19). The number of hydrogen-bond donors (Lipinski definition) is 2. The summed E-state index contributed by atoms with van der Waals surface area (Å²) >= 11 is 0. The Hall–Kier alpha value is -0.610. The van der Waals surface area contributed by atoms with Gasteiger partial charge in [0.2, 0.25) is 0 Å². The highest BCUT2D eigenvalue weighted by Gasteiger charge is 2.40.